The molecule has 0 saturated heterocycles. The summed E-state index contributed by atoms with van der Waals surface area (Å²) in [5, 5.41) is 9.40. The molecule has 2 unspecified atom stereocenters. The third-order valence-electron chi connectivity index (χ3n) is 2.94. The molecule has 18 heavy (non-hydrogen) atoms. The van der Waals surface area contributed by atoms with E-state index < -0.39 is 0 Å². The van der Waals surface area contributed by atoms with Gasteiger partial charge < -0.3 is 9.84 Å². The van der Waals surface area contributed by atoms with Crippen molar-refractivity contribution in [3.05, 3.63) is 0 Å². The predicted molar refractivity (Wildman–Crippen MR) is 77.9 cm³/mol. The Bertz CT molecular complexity index is 233. The second kappa shape index (κ2) is 9.68. The first-order valence-corrected chi connectivity index (χ1v) is 7.89. The van der Waals surface area contributed by atoms with Gasteiger partial charge in [-0.15, -0.1) is 0 Å². The highest BCUT2D eigenvalue weighted by Crippen LogP contribution is 2.31. The zero-order valence-corrected chi connectivity index (χ0v) is 13.0. The molecule has 0 aromatic rings. The van der Waals surface area contributed by atoms with Gasteiger partial charge in [-0.05, 0) is 19.8 Å². The second-order valence-corrected chi connectivity index (χ2v) is 6.70. The molecule has 0 amide bonds. The minimum atomic E-state index is -0.132. The topological polar surface area (TPSA) is 46.5 Å². The van der Waals surface area contributed by atoms with Crippen molar-refractivity contribution >= 4 is 17.7 Å². The summed E-state index contributed by atoms with van der Waals surface area (Å²) in [7, 11) is 0. The van der Waals surface area contributed by atoms with Gasteiger partial charge in [0.25, 0.3) is 0 Å². The maximum atomic E-state index is 11.7. The summed E-state index contributed by atoms with van der Waals surface area (Å²) in [6, 6.07) is 0. The van der Waals surface area contributed by atoms with E-state index in [1.807, 2.05) is 6.92 Å². The number of hydrogen-bond donors (Lipinski definition) is 1. The molecule has 0 rings (SSSR count). The number of ether oxygens (including phenoxy) is 1. The Morgan fingerprint density at radius 3 is 2.56 bits per heavy atom. The first-order valence-electron chi connectivity index (χ1n) is 6.90. The number of carbonyl (C=O) groups is 1. The Balaban J connectivity index is 3.99. The van der Waals surface area contributed by atoms with E-state index in [0.717, 1.165) is 25.7 Å². The molecule has 2 atom stereocenters. The van der Waals surface area contributed by atoms with E-state index in [1.165, 1.54) is 0 Å². The second-order valence-electron chi connectivity index (χ2n) is 5.09. The number of rotatable bonds is 10. The molecule has 0 aliphatic rings. The number of esters is 1. The van der Waals surface area contributed by atoms with Crippen LogP contribution in [0, 0.1) is 5.92 Å². The zero-order valence-electron chi connectivity index (χ0n) is 12.2. The summed E-state index contributed by atoms with van der Waals surface area (Å²) < 4.78 is 5.06. The SMILES string of the molecule is CCCCOC(=O)C(C)CSC(C)(CO)CCC. The molecule has 0 aliphatic heterocycles. The van der Waals surface area contributed by atoms with E-state index in [2.05, 4.69) is 20.8 Å². The molecule has 0 spiro atoms. The summed E-state index contributed by atoms with van der Waals surface area (Å²) in [4.78, 5) is 11.7. The molecule has 3 nitrogen and oxygen atoms in total. The Hall–Kier alpha value is -0.220. The lowest BCUT2D eigenvalue weighted by Gasteiger charge is -2.27. The Morgan fingerprint density at radius 1 is 1.39 bits per heavy atom. The molecule has 4 heteroatoms. The van der Waals surface area contributed by atoms with Crippen molar-refractivity contribution in [2.45, 2.75) is 58.1 Å². The lowest BCUT2D eigenvalue weighted by molar-refractivity contribution is -0.147. The molecule has 0 heterocycles. The quantitative estimate of drug-likeness (QED) is 0.491. The van der Waals surface area contributed by atoms with E-state index in [0.29, 0.717) is 12.4 Å². The molecule has 0 bridgehead atoms. The van der Waals surface area contributed by atoms with E-state index in [-0.39, 0.29) is 23.2 Å². The van der Waals surface area contributed by atoms with Crippen LogP contribution >= 0.6 is 11.8 Å². The fourth-order valence-corrected chi connectivity index (χ4v) is 2.81. The number of aliphatic hydroxyl groups is 1. The third-order valence-corrected chi connectivity index (χ3v) is 4.64. The smallest absolute Gasteiger partial charge is 0.309 e. The molecule has 0 aromatic heterocycles. The Labute approximate surface area is 116 Å². The Kier molecular flexibility index (Phi) is 9.56. The van der Waals surface area contributed by atoms with Crippen LogP contribution in [0.15, 0.2) is 0 Å². The van der Waals surface area contributed by atoms with Gasteiger partial charge in [-0.3, -0.25) is 4.79 Å². The summed E-state index contributed by atoms with van der Waals surface area (Å²) in [5.74, 6) is 0.490. The van der Waals surface area contributed by atoms with Crippen molar-refractivity contribution in [1.82, 2.24) is 0 Å². The van der Waals surface area contributed by atoms with Crippen LogP contribution < -0.4 is 0 Å². The van der Waals surface area contributed by atoms with Crippen molar-refractivity contribution < 1.29 is 14.6 Å². The molecular weight excluding hydrogens is 248 g/mol. The molecule has 0 aromatic carbocycles. The highest BCUT2D eigenvalue weighted by atomic mass is 32.2. The van der Waals surface area contributed by atoms with Gasteiger partial charge in [0.15, 0.2) is 0 Å². The number of thioether (sulfide) groups is 1. The van der Waals surface area contributed by atoms with Crippen LogP contribution in [0.4, 0.5) is 0 Å². The first kappa shape index (κ1) is 17.8. The maximum absolute atomic E-state index is 11.7. The van der Waals surface area contributed by atoms with E-state index in [9.17, 15) is 9.90 Å². The van der Waals surface area contributed by atoms with Crippen LogP contribution in [0.3, 0.4) is 0 Å². The highest BCUT2D eigenvalue weighted by molar-refractivity contribution is 8.00. The van der Waals surface area contributed by atoms with Crippen LogP contribution in [0.2, 0.25) is 0 Å². The van der Waals surface area contributed by atoms with Crippen LogP contribution in [-0.2, 0) is 9.53 Å². The van der Waals surface area contributed by atoms with Gasteiger partial charge in [0.05, 0.1) is 19.1 Å². The monoisotopic (exact) mass is 276 g/mol. The van der Waals surface area contributed by atoms with Crippen molar-refractivity contribution in [2.24, 2.45) is 5.92 Å². The van der Waals surface area contributed by atoms with Gasteiger partial charge in [-0.2, -0.15) is 11.8 Å². The van der Waals surface area contributed by atoms with Crippen LogP contribution in [0.25, 0.3) is 0 Å². The van der Waals surface area contributed by atoms with E-state index in [1.54, 1.807) is 11.8 Å². The largest absolute Gasteiger partial charge is 0.465 e. The van der Waals surface area contributed by atoms with E-state index >= 15 is 0 Å². The lowest BCUT2D eigenvalue weighted by atomic mass is 10.1. The molecule has 108 valence electrons. The zero-order chi connectivity index (χ0) is 14.0. The standard InChI is InChI=1S/C14H28O3S/c1-5-7-9-17-13(16)12(3)10-18-14(4,11-15)8-6-2/h12,15H,5-11H2,1-4H3. The number of hydrogen-bond acceptors (Lipinski definition) is 4. The van der Waals surface area contributed by atoms with Crippen molar-refractivity contribution in [3.8, 4) is 0 Å². The van der Waals surface area contributed by atoms with Crippen molar-refractivity contribution in [2.75, 3.05) is 19.0 Å². The molecule has 0 saturated carbocycles. The van der Waals surface area contributed by atoms with Crippen molar-refractivity contribution in [1.29, 1.82) is 0 Å². The van der Waals surface area contributed by atoms with Gasteiger partial charge in [-0.25, -0.2) is 0 Å². The fraction of sp³-hybridized carbons (Fsp3) is 0.929. The van der Waals surface area contributed by atoms with Gasteiger partial charge in [0.2, 0.25) is 0 Å². The van der Waals surface area contributed by atoms with E-state index in [4.69, 9.17) is 4.74 Å². The van der Waals surface area contributed by atoms with Crippen LogP contribution in [-0.4, -0.2) is 34.8 Å². The summed E-state index contributed by atoms with van der Waals surface area (Å²) >= 11 is 1.67. The molecule has 0 aliphatic carbocycles. The van der Waals surface area contributed by atoms with Crippen LogP contribution in [0.5, 0.6) is 0 Å². The fourth-order valence-electron chi connectivity index (χ4n) is 1.58. The third kappa shape index (κ3) is 7.27. The number of unbranched alkanes of at least 4 members (excludes halogenated alkanes) is 1. The molecule has 0 fully saturated rings. The highest BCUT2D eigenvalue weighted by Gasteiger charge is 2.25. The number of aliphatic hydroxyl groups excluding tert-OH is 1. The first-order chi connectivity index (χ1) is 8.49. The minimum absolute atomic E-state index is 0.102. The van der Waals surface area contributed by atoms with Gasteiger partial charge in [0.1, 0.15) is 0 Å². The Morgan fingerprint density at radius 2 is 2.06 bits per heavy atom. The van der Waals surface area contributed by atoms with Gasteiger partial charge in [-0.1, -0.05) is 33.6 Å². The normalized spacial score (nSPS) is 16.1. The summed E-state index contributed by atoms with van der Waals surface area (Å²) in [6.07, 6.45) is 3.97. The average molecular weight is 276 g/mol. The van der Waals surface area contributed by atoms with Gasteiger partial charge in [0, 0.05) is 10.5 Å². The molecule has 0 radical (unpaired) electrons. The van der Waals surface area contributed by atoms with Gasteiger partial charge >= 0.3 is 5.97 Å². The lowest BCUT2D eigenvalue weighted by Crippen LogP contribution is -2.28. The number of carbonyl (C=O) groups excluding carboxylic acids is 1. The minimum Gasteiger partial charge on any atom is -0.465 e. The summed E-state index contributed by atoms with van der Waals surface area (Å²) in [6.45, 7) is 8.81. The maximum Gasteiger partial charge on any atom is 0.309 e. The average Bonchev–Trinajstić information content (AvgIpc) is 2.36. The van der Waals surface area contributed by atoms with Crippen LogP contribution in [0.1, 0.15) is 53.4 Å². The molecular formula is C14H28O3S. The van der Waals surface area contributed by atoms with Crippen molar-refractivity contribution in [3.63, 3.8) is 0 Å². The summed E-state index contributed by atoms with van der Waals surface area (Å²) in [5.41, 5.74) is 0. The predicted octanol–water partition coefficient (Wildman–Crippen LogP) is 3.25. The molecule has 1 N–H and O–H groups in total.